The molecule has 11 heteroatoms. The highest BCUT2D eigenvalue weighted by atomic mass is 19.1. The first-order valence-electron chi connectivity index (χ1n) is 12.4. The number of rotatable bonds is 6. The van der Waals surface area contributed by atoms with Crippen molar-refractivity contribution in [3.63, 3.8) is 0 Å². The maximum absolute atomic E-state index is 14.7. The normalized spacial score (nSPS) is 15.5. The van der Waals surface area contributed by atoms with Crippen molar-refractivity contribution in [2.45, 2.75) is 19.6 Å². The second-order valence-corrected chi connectivity index (χ2v) is 9.65. The van der Waals surface area contributed by atoms with Crippen molar-refractivity contribution in [1.82, 2.24) is 25.1 Å². The number of hydrogen-bond donors (Lipinski definition) is 2. The summed E-state index contributed by atoms with van der Waals surface area (Å²) in [4.78, 5) is 24.7. The van der Waals surface area contributed by atoms with E-state index in [1.807, 2.05) is 6.07 Å². The Morgan fingerprint density at radius 2 is 2.18 bits per heavy atom. The Balaban J connectivity index is 1.38. The predicted molar refractivity (Wildman–Crippen MR) is 145 cm³/mol. The second kappa shape index (κ2) is 9.75. The van der Waals surface area contributed by atoms with E-state index in [0.29, 0.717) is 34.1 Å². The molecule has 2 N–H and O–H groups in total. The number of nitrogens with zero attached hydrogens (tertiary/aromatic N) is 5. The first-order valence-corrected chi connectivity index (χ1v) is 12.4. The average Bonchev–Trinajstić information content (AvgIpc) is 3.55. The molecule has 6 rings (SSSR count). The van der Waals surface area contributed by atoms with Gasteiger partial charge in [0.15, 0.2) is 5.82 Å². The van der Waals surface area contributed by atoms with E-state index in [1.54, 1.807) is 50.2 Å². The number of aryl methyl sites for hydroxylation is 1. The zero-order valence-electron chi connectivity index (χ0n) is 21.4. The lowest BCUT2D eigenvalue weighted by Gasteiger charge is -2.36. The Morgan fingerprint density at radius 3 is 2.97 bits per heavy atom. The molecule has 0 saturated carbocycles. The first-order chi connectivity index (χ1) is 18.8. The number of carbonyl (C=O) groups is 1. The molecular weight excluding hydrogens is 501 g/mol. The van der Waals surface area contributed by atoms with Crippen LogP contribution in [0.4, 0.5) is 15.8 Å². The molecule has 0 aliphatic carbocycles. The van der Waals surface area contributed by atoms with Gasteiger partial charge in [-0.15, -0.1) is 0 Å². The molecular formula is C28H26FN7O3. The molecule has 2 aromatic carbocycles. The third-order valence-electron chi connectivity index (χ3n) is 6.50. The number of fused-ring (bicyclic) bond motifs is 2. The number of carbonyl (C=O) groups excluding carboxylic acids is 1. The van der Waals surface area contributed by atoms with Gasteiger partial charge in [-0.3, -0.25) is 9.48 Å². The molecule has 0 unspecified atom stereocenters. The van der Waals surface area contributed by atoms with Crippen molar-refractivity contribution >= 4 is 39.1 Å². The highest BCUT2D eigenvalue weighted by molar-refractivity contribution is 6.14. The van der Waals surface area contributed by atoms with Crippen LogP contribution in [0.15, 0.2) is 71.9 Å². The van der Waals surface area contributed by atoms with Crippen LogP contribution < -0.4 is 20.3 Å². The molecule has 3 aromatic heterocycles. The highest BCUT2D eigenvalue weighted by Gasteiger charge is 2.23. The maximum atomic E-state index is 14.7. The summed E-state index contributed by atoms with van der Waals surface area (Å²) < 4.78 is 27.1. The first kappa shape index (κ1) is 24.4. The molecule has 1 atom stereocenters. The zero-order valence-corrected chi connectivity index (χ0v) is 21.4. The molecule has 10 nitrogen and oxygen atoms in total. The minimum absolute atomic E-state index is 0.121. The molecule has 0 spiro atoms. The fraction of sp³-hybridized carbons (Fsp3) is 0.214. The number of benzene rings is 2. The Bertz CT molecular complexity index is 1710. The molecule has 4 heterocycles. The lowest BCUT2D eigenvalue weighted by Crippen LogP contribution is -2.47. The number of anilines is 2. The van der Waals surface area contributed by atoms with Crippen LogP contribution in [0.2, 0.25) is 0 Å². The number of halogens is 1. The van der Waals surface area contributed by atoms with Gasteiger partial charge in [-0.1, -0.05) is 6.58 Å². The van der Waals surface area contributed by atoms with Gasteiger partial charge >= 0.3 is 6.01 Å². The Hall–Kier alpha value is -4.93. The van der Waals surface area contributed by atoms with Crippen molar-refractivity contribution in [2.24, 2.45) is 7.05 Å². The van der Waals surface area contributed by atoms with Crippen LogP contribution >= 0.6 is 0 Å². The third-order valence-corrected chi connectivity index (χ3v) is 6.50. The number of furan rings is 1. The topological polar surface area (TPSA) is 110 Å². The molecule has 1 aliphatic heterocycles. The van der Waals surface area contributed by atoms with Gasteiger partial charge in [0.2, 0.25) is 0 Å². The molecule has 0 radical (unpaired) electrons. The van der Waals surface area contributed by atoms with Crippen molar-refractivity contribution in [2.75, 3.05) is 23.3 Å². The van der Waals surface area contributed by atoms with Crippen molar-refractivity contribution < 1.29 is 18.3 Å². The van der Waals surface area contributed by atoms with Crippen LogP contribution in [0.25, 0.3) is 21.8 Å². The predicted octanol–water partition coefficient (Wildman–Crippen LogP) is 4.39. The maximum Gasteiger partial charge on any atom is 0.317 e. The number of amides is 1. The monoisotopic (exact) mass is 527 g/mol. The van der Waals surface area contributed by atoms with E-state index >= 15 is 0 Å². The van der Waals surface area contributed by atoms with Gasteiger partial charge in [0.05, 0.1) is 30.2 Å². The van der Waals surface area contributed by atoms with Crippen LogP contribution in [0.3, 0.4) is 0 Å². The van der Waals surface area contributed by atoms with E-state index in [4.69, 9.17) is 9.15 Å². The van der Waals surface area contributed by atoms with Crippen LogP contribution in [0, 0.1) is 5.82 Å². The Kier molecular flexibility index (Phi) is 6.10. The summed E-state index contributed by atoms with van der Waals surface area (Å²) in [5, 5.41) is 11.5. The van der Waals surface area contributed by atoms with E-state index in [-0.39, 0.29) is 24.2 Å². The summed E-state index contributed by atoms with van der Waals surface area (Å²) in [5.41, 5.74) is 3.88. The van der Waals surface area contributed by atoms with E-state index in [9.17, 15) is 9.18 Å². The number of aromatic nitrogens is 4. The molecule has 1 saturated heterocycles. The van der Waals surface area contributed by atoms with Gasteiger partial charge in [0, 0.05) is 65.4 Å². The fourth-order valence-electron chi connectivity index (χ4n) is 4.87. The van der Waals surface area contributed by atoms with Crippen LogP contribution in [0.5, 0.6) is 6.01 Å². The van der Waals surface area contributed by atoms with Gasteiger partial charge in [0.25, 0.3) is 5.91 Å². The van der Waals surface area contributed by atoms with Crippen LogP contribution in [0.1, 0.15) is 22.8 Å². The lowest BCUT2D eigenvalue weighted by atomic mass is 10.1. The van der Waals surface area contributed by atoms with Crippen molar-refractivity contribution in [1.29, 1.82) is 0 Å². The minimum atomic E-state index is -0.520. The van der Waals surface area contributed by atoms with Gasteiger partial charge in [0.1, 0.15) is 12.1 Å². The third kappa shape index (κ3) is 4.86. The minimum Gasteiger partial charge on any atom is -0.472 e. The highest BCUT2D eigenvalue weighted by Crippen LogP contribution is 2.32. The lowest BCUT2D eigenvalue weighted by molar-refractivity contribution is 0.102. The number of ether oxygens (including phenoxy) is 1. The molecule has 5 aromatic rings. The van der Waals surface area contributed by atoms with Crippen molar-refractivity contribution in [3.05, 3.63) is 84.5 Å². The molecule has 1 fully saturated rings. The Morgan fingerprint density at radius 1 is 1.31 bits per heavy atom. The number of hydrogen-bond acceptors (Lipinski definition) is 8. The van der Waals surface area contributed by atoms with Gasteiger partial charge < -0.3 is 24.7 Å². The van der Waals surface area contributed by atoms with E-state index in [0.717, 1.165) is 23.5 Å². The summed E-state index contributed by atoms with van der Waals surface area (Å²) in [7, 11) is 1.71. The molecule has 198 valence electrons. The van der Waals surface area contributed by atoms with Gasteiger partial charge in [-0.05, 0) is 37.3 Å². The van der Waals surface area contributed by atoms with Gasteiger partial charge in [-0.25, -0.2) is 9.37 Å². The summed E-state index contributed by atoms with van der Waals surface area (Å²) in [6, 6.07) is 8.63. The molecule has 39 heavy (non-hydrogen) atoms. The fourth-order valence-corrected chi connectivity index (χ4v) is 4.87. The van der Waals surface area contributed by atoms with E-state index < -0.39 is 11.7 Å². The van der Waals surface area contributed by atoms with Crippen LogP contribution in [-0.2, 0) is 13.7 Å². The quantitative estimate of drug-likeness (QED) is 0.335. The van der Waals surface area contributed by atoms with Crippen molar-refractivity contribution in [3.8, 4) is 6.01 Å². The van der Waals surface area contributed by atoms with Gasteiger partial charge in [-0.2, -0.15) is 10.1 Å². The second-order valence-electron chi connectivity index (χ2n) is 9.65. The largest absolute Gasteiger partial charge is 0.472 e. The summed E-state index contributed by atoms with van der Waals surface area (Å²) in [6.07, 6.45) is 6.49. The SMILES string of the molecule is C=C1CN(c2ccc(C(=O)Nc3cc(F)c4nn(C)cc4c3)c3nc(OCc4ccoc4)ncc23)C[C@H](C)N1. The molecule has 1 amide bonds. The Labute approximate surface area is 223 Å². The summed E-state index contributed by atoms with van der Waals surface area (Å²) in [5.74, 6) is -0.958. The zero-order chi connectivity index (χ0) is 27.1. The summed E-state index contributed by atoms with van der Waals surface area (Å²) in [6.45, 7) is 7.73. The average molecular weight is 528 g/mol. The number of piperazine rings is 1. The smallest absolute Gasteiger partial charge is 0.317 e. The molecule has 1 aliphatic rings. The molecule has 0 bridgehead atoms. The van der Waals surface area contributed by atoms with Crippen LogP contribution in [-0.4, -0.2) is 44.8 Å². The summed E-state index contributed by atoms with van der Waals surface area (Å²) >= 11 is 0. The standard InChI is InChI=1S/C28H26FN7O3/c1-16-11-36(12-17(2)31-16)24-5-4-21(26-22(24)10-30-28(33-26)39-15-18-6-7-38-14-18)27(37)32-20-8-19-13-35(3)34-25(19)23(29)9-20/h4-10,13-14,17,31H,1,11-12,15H2,2-3H3,(H,32,37)/t17-/m0/s1. The number of nitrogens with one attached hydrogen (secondary N) is 2. The van der Waals surface area contributed by atoms with E-state index in [2.05, 4.69) is 44.1 Å². The van der Waals surface area contributed by atoms with E-state index in [1.165, 1.54) is 10.7 Å².